The van der Waals surface area contributed by atoms with Gasteiger partial charge in [0, 0.05) is 18.2 Å². The van der Waals surface area contributed by atoms with Crippen molar-refractivity contribution in [3.05, 3.63) is 34.3 Å². The largest absolute Gasteiger partial charge is 0.322 e. The van der Waals surface area contributed by atoms with Crippen molar-refractivity contribution in [1.82, 2.24) is 14.5 Å². The van der Waals surface area contributed by atoms with Gasteiger partial charge in [-0.25, -0.2) is 4.98 Å². The van der Waals surface area contributed by atoms with Crippen molar-refractivity contribution in [3.63, 3.8) is 0 Å². The van der Waals surface area contributed by atoms with E-state index < -0.39 is 0 Å². The Bertz CT molecular complexity index is 617. The lowest BCUT2D eigenvalue weighted by molar-refractivity contribution is 0.658. The molecule has 2 aromatic rings. The van der Waals surface area contributed by atoms with Gasteiger partial charge in [0.25, 0.3) is 0 Å². The van der Waals surface area contributed by atoms with Crippen molar-refractivity contribution >= 4 is 15.9 Å². The molecule has 17 heavy (non-hydrogen) atoms. The molecule has 0 aromatic carbocycles. The van der Waals surface area contributed by atoms with Crippen LogP contribution in [0.15, 0.2) is 22.8 Å². The first-order valence-electron chi connectivity index (χ1n) is 5.94. The third kappa shape index (κ3) is 1.33. The zero-order chi connectivity index (χ0) is 11.6. The van der Waals surface area contributed by atoms with Crippen molar-refractivity contribution in [3.8, 4) is 11.4 Å². The van der Waals surface area contributed by atoms with Crippen LogP contribution in [-0.2, 0) is 6.54 Å². The molecule has 1 aliphatic carbocycles. The maximum Gasteiger partial charge on any atom is 0.122 e. The van der Waals surface area contributed by atoms with E-state index in [1.165, 1.54) is 12.2 Å². The molecule has 86 valence electrons. The molecule has 3 nitrogen and oxygen atoms in total. The van der Waals surface area contributed by atoms with Gasteiger partial charge in [0.1, 0.15) is 16.1 Å². The fourth-order valence-electron chi connectivity index (χ4n) is 2.74. The quantitative estimate of drug-likeness (QED) is 0.808. The normalized spacial score (nSPS) is 24.6. The van der Waals surface area contributed by atoms with Crippen molar-refractivity contribution < 1.29 is 0 Å². The van der Waals surface area contributed by atoms with Crippen LogP contribution in [0, 0.1) is 12.8 Å². The van der Waals surface area contributed by atoms with E-state index in [4.69, 9.17) is 4.98 Å². The smallest absolute Gasteiger partial charge is 0.122 e. The second-order valence-electron chi connectivity index (χ2n) is 4.99. The number of rotatable bonds is 1. The molecule has 3 heterocycles. The Hall–Kier alpha value is -1.16. The van der Waals surface area contributed by atoms with Gasteiger partial charge in [0.15, 0.2) is 0 Å². The molecule has 1 aliphatic heterocycles. The van der Waals surface area contributed by atoms with Crippen molar-refractivity contribution in [2.45, 2.75) is 25.8 Å². The van der Waals surface area contributed by atoms with Crippen molar-refractivity contribution in [1.29, 1.82) is 0 Å². The van der Waals surface area contributed by atoms with E-state index >= 15 is 0 Å². The van der Waals surface area contributed by atoms with Gasteiger partial charge in [-0.05, 0) is 47.3 Å². The Morgan fingerprint density at radius 1 is 1.35 bits per heavy atom. The molecule has 0 amide bonds. The maximum absolute atomic E-state index is 4.78. The molecule has 1 saturated carbocycles. The van der Waals surface area contributed by atoms with Gasteiger partial charge in [-0.15, -0.1) is 0 Å². The number of halogens is 1. The van der Waals surface area contributed by atoms with Gasteiger partial charge in [0.05, 0.1) is 5.69 Å². The van der Waals surface area contributed by atoms with E-state index in [9.17, 15) is 0 Å². The Morgan fingerprint density at radius 2 is 2.24 bits per heavy atom. The van der Waals surface area contributed by atoms with E-state index in [0.717, 1.165) is 34.1 Å². The third-order valence-corrected chi connectivity index (χ3v) is 4.54. The number of nitrogens with zero attached hydrogens (tertiary/aromatic N) is 3. The molecule has 0 bridgehead atoms. The van der Waals surface area contributed by atoms with Gasteiger partial charge in [-0.3, -0.25) is 4.98 Å². The average molecular weight is 290 g/mol. The highest BCUT2D eigenvalue weighted by atomic mass is 79.9. The minimum absolute atomic E-state index is 0.713. The lowest BCUT2D eigenvalue weighted by Gasteiger charge is -2.02. The highest BCUT2D eigenvalue weighted by Gasteiger charge is 2.48. The summed E-state index contributed by atoms with van der Waals surface area (Å²) in [5.74, 6) is 2.82. The van der Waals surface area contributed by atoms with Crippen molar-refractivity contribution in [2.75, 3.05) is 0 Å². The zero-order valence-electron chi connectivity index (χ0n) is 9.52. The van der Waals surface area contributed by atoms with Crippen LogP contribution in [0.3, 0.4) is 0 Å². The average Bonchev–Trinajstić information content (AvgIpc) is 2.88. The number of hydrogen-bond acceptors (Lipinski definition) is 2. The zero-order valence-corrected chi connectivity index (χ0v) is 11.1. The molecule has 4 heteroatoms. The summed E-state index contributed by atoms with van der Waals surface area (Å²) in [5, 5.41) is 0. The van der Waals surface area contributed by atoms with E-state index in [2.05, 4.69) is 25.5 Å². The van der Waals surface area contributed by atoms with Crippen molar-refractivity contribution in [2.24, 2.45) is 5.92 Å². The molecule has 1 fully saturated rings. The fourth-order valence-corrected chi connectivity index (χ4v) is 3.36. The summed E-state index contributed by atoms with van der Waals surface area (Å²) in [4.78, 5) is 9.33. The molecule has 0 saturated heterocycles. The third-order valence-electron chi connectivity index (χ3n) is 3.74. The molecule has 4 rings (SSSR count). The summed E-state index contributed by atoms with van der Waals surface area (Å²) in [6.45, 7) is 3.14. The van der Waals surface area contributed by atoms with Crippen LogP contribution in [0.2, 0.25) is 0 Å². The molecule has 2 aromatic heterocycles. The van der Waals surface area contributed by atoms with E-state index in [1.807, 2.05) is 25.1 Å². The number of aryl methyl sites for hydroxylation is 1. The lowest BCUT2D eigenvalue weighted by atomic mass is 10.2. The first-order valence-corrected chi connectivity index (χ1v) is 6.73. The van der Waals surface area contributed by atoms with Gasteiger partial charge in [-0.2, -0.15) is 0 Å². The molecule has 2 aliphatic rings. The summed E-state index contributed by atoms with van der Waals surface area (Å²) in [6.07, 6.45) is 1.32. The topological polar surface area (TPSA) is 30.7 Å². The van der Waals surface area contributed by atoms with Gasteiger partial charge < -0.3 is 4.57 Å². The van der Waals surface area contributed by atoms with Gasteiger partial charge in [-0.1, -0.05) is 6.07 Å². The minimum Gasteiger partial charge on any atom is -0.322 e. The molecule has 0 N–H and O–H groups in total. The van der Waals surface area contributed by atoms with E-state index in [1.54, 1.807) is 0 Å². The second kappa shape index (κ2) is 3.19. The molecular formula is C13H12BrN3. The number of fused-ring (bicyclic) bond motifs is 3. The van der Waals surface area contributed by atoms with Crippen LogP contribution in [-0.4, -0.2) is 14.5 Å². The predicted molar refractivity (Wildman–Crippen MR) is 68.7 cm³/mol. The highest BCUT2D eigenvalue weighted by Crippen LogP contribution is 2.54. The standard InChI is InChI=1S/C13H12BrN3/c1-7-3-2-4-10(15-7)11-12(14)17-6-8-5-9(8)13(17)16-11/h2-4,8-9H,5-6H2,1H3. The minimum atomic E-state index is 0.713. The van der Waals surface area contributed by atoms with E-state index in [-0.39, 0.29) is 0 Å². The van der Waals surface area contributed by atoms with Crippen LogP contribution >= 0.6 is 15.9 Å². The van der Waals surface area contributed by atoms with Crippen LogP contribution < -0.4 is 0 Å². The van der Waals surface area contributed by atoms with Gasteiger partial charge >= 0.3 is 0 Å². The summed E-state index contributed by atoms with van der Waals surface area (Å²) in [6, 6.07) is 6.08. The Morgan fingerprint density at radius 3 is 3.00 bits per heavy atom. The summed E-state index contributed by atoms with van der Waals surface area (Å²) in [5.41, 5.74) is 3.00. The summed E-state index contributed by atoms with van der Waals surface area (Å²) >= 11 is 3.67. The number of aromatic nitrogens is 3. The highest BCUT2D eigenvalue weighted by molar-refractivity contribution is 9.10. The maximum atomic E-state index is 4.78. The van der Waals surface area contributed by atoms with Gasteiger partial charge in [0.2, 0.25) is 0 Å². The number of hydrogen-bond donors (Lipinski definition) is 0. The molecule has 2 atom stereocenters. The SMILES string of the molecule is Cc1cccc(-c2nc3n(c2Br)CC2CC32)n1. The first kappa shape index (κ1) is 9.83. The first-order chi connectivity index (χ1) is 8.24. The lowest BCUT2D eigenvalue weighted by Crippen LogP contribution is -1.97. The molecule has 0 spiro atoms. The Kier molecular flexibility index (Phi) is 1.85. The molecule has 0 radical (unpaired) electrons. The fraction of sp³-hybridized carbons (Fsp3) is 0.385. The van der Waals surface area contributed by atoms with Crippen LogP contribution in [0.25, 0.3) is 11.4 Å². The summed E-state index contributed by atoms with van der Waals surface area (Å²) in [7, 11) is 0. The Balaban J connectivity index is 1.87. The monoisotopic (exact) mass is 289 g/mol. The van der Waals surface area contributed by atoms with Crippen LogP contribution in [0.5, 0.6) is 0 Å². The molecular weight excluding hydrogens is 278 g/mol. The number of pyridine rings is 1. The summed E-state index contributed by atoms with van der Waals surface area (Å²) < 4.78 is 3.40. The van der Waals surface area contributed by atoms with Crippen LogP contribution in [0.1, 0.15) is 23.9 Å². The van der Waals surface area contributed by atoms with E-state index in [0.29, 0.717) is 5.92 Å². The molecule has 2 unspecified atom stereocenters. The second-order valence-corrected chi connectivity index (χ2v) is 5.74. The predicted octanol–water partition coefficient (Wildman–Crippen LogP) is 3.13. The Labute approximate surface area is 108 Å². The number of imidazole rings is 1. The van der Waals surface area contributed by atoms with Crippen LogP contribution in [0.4, 0.5) is 0 Å².